The molecule has 1 aromatic carbocycles. The minimum absolute atomic E-state index is 0.117. The lowest BCUT2D eigenvalue weighted by Gasteiger charge is -2.07. The molecule has 0 fully saturated rings. The van der Waals surface area contributed by atoms with Crippen LogP contribution in [0.2, 0.25) is 0 Å². The lowest BCUT2D eigenvalue weighted by atomic mass is 10.3. The Hall–Kier alpha value is -1.87. The molecule has 9 heteroatoms. The van der Waals surface area contributed by atoms with Crippen molar-refractivity contribution >= 4 is 32.2 Å². The van der Waals surface area contributed by atoms with Crippen molar-refractivity contribution in [1.29, 1.82) is 0 Å². The highest BCUT2D eigenvalue weighted by atomic mass is 32.2. The van der Waals surface area contributed by atoms with Gasteiger partial charge in [-0.2, -0.15) is 0 Å². The van der Waals surface area contributed by atoms with Gasteiger partial charge in [-0.1, -0.05) is 11.3 Å². The topological polar surface area (TPSA) is 118 Å². The smallest absolute Gasteiger partial charge is 0.267 e. The third kappa shape index (κ3) is 2.45. The molecule has 1 heterocycles. The third-order valence-corrected chi connectivity index (χ3v) is 3.96. The summed E-state index contributed by atoms with van der Waals surface area (Å²) in [7, 11) is -3.91. The average Bonchev–Trinajstić information content (AvgIpc) is 2.73. The maximum atomic E-state index is 11.9. The number of nitrogens with zero attached hydrogens (tertiary/aromatic N) is 2. The Bertz CT molecular complexity index is 624. The van der Waals surface area contributed by atoms with E-state index in [0.717, 1.165) is 11.3 Å². The Morgan fingerprint density at radius 3 is 2.82 bits per heavy atom. The second-order valence-corrected chi connectivity index (χ2v) is 5.56. The van der Waals surface area contributed by atoms with E-state index < -0.39 is 10.0 Å². The second kappa shape index (κ2) is 4.18. The Kier molecular flexibility index (Phi) is 2.86. The number of rotatable bonds is 3. The first-order chi connectivity index (χ1) is 7.99. The van der Waals surface area contributed by atoms with Crippen LogP contribution < -0.4 is 10.5 Å². The summed E-state index contributed by atoms with van der Waals surface area (Å²) in [5, 5.41) is 16.6. The molecular formula is C8H8N4O3S2. The van der Waals surface area contributed by atoms with Crippen LogP contribution in [0.15, 0.2) is 28.6 Å². The lowest BCUT2D eigenvalue weighted by Crippen LogP contribution is -2.13. The summed E-state index contributed by atoms with van der Waals surface area (Å²) in [6, 6.07) is 3.78. The van der Waals surface area contributed by atoms with Crippen LogP contribution in [0.4, 0.5) is 10.8 Å². The normalized spacial score (nSPS) is 11.3. The third-order valence-electron chi connectivity index (χ3n) is 1.86. The summed E-state index contributed by atoms with van der Waals surface area (Å²) in [5.74, 6) is -0.379. The zero-order valence-electron chi connectivity index (χ0n) is 8.36. The van der Waals surface area contributed by atoms with Crippen LogP contribution in [0.25, 0.3) is 0 Å². The SMILES string of the molecule is Nc1ccc(O)c(S(=O)(=O)Nc2nncs2)c1. The van der Waals surface area contributed by atoms with E-state index in [0.29, 0.717) is 0 Å². The lowest BCUT2D eigenvalue weighted by molar-refractivity contribution is 0.459. The summed E-state index contributed by atoms with van der Waals surface area (Å²) in [4.78, 5) is -0.298. The Labute approximate surface area is 101 Å². The highest BCUT2D eigenvalue weighted by Gasteiger charge is 2.20. The minimum Gasteiger partial charge on any atom is -0.507 e. The molecule has 17 heavy (non-hydrogen) atoms. The van der Waals surface area contributed by atoms with E-state index in [1.807, 2.05) is 0 Å². The van der Waals surface area contributed by atoms with Crippen molar-refractivity contribution < 1.29 is 13.5 Å². The van der Waals surface area contributed by atoms with E-state index in [2.05, 4.69) is 14.9 Å². The van der Waals surface area contributed by atoms with Crippen molar-refractivity contribution in [1.82, 2.24) is 10.2 Å². The molecule has 0 saturated carbocycles. The first-order valence-corrected chi connectivity index (χ1v) is 6.73. The van der Waals surface area contributed by atoms with Crippen LogP contribution in [0.3, 0.4) is 0 Å². The van der Waals surface area contributed by atoms with E-state index in [1.165, 1.54) is 23.7 Å². The van der Waals surface area contributed by atoms with Gasteiger partial charge in [-0.25, -0.2) is 8.42 Å². The van der Waals surface area contributed by atoms with Crippen molar-refractivity contribution in [2.24, 2.45) is 0 Å². The maximum absolute atomic E-state index is 11.9. The van der Waals surface area contributed by atoms with Gasteiger partial charge in [0.25, 0.3) is 10.0 Å². The fourth-order valence-electron chi connectivity index (χ4n) is 1.13. The van der Waals surface area contributed by atoms with E-state index in [-0.39, 0.29) is 21.5 Å². The predicted molar refractivity (Wildman–Crippen MR) is 63.2 cm³/mol. The van der Waals surface area contributed by atoms with Gasteiger partial charge in [0.1, 0.15) is 16.2 Å². The molecular weight excluding hydrogens is 264 g/mol. The van der Waals surface area contributed by atoms with Gasteiger partial charge in [0, 0.05) is 5.69 Å². The standard InChI is InChI=1S/C8H8N4O3S2/c9-5-1-2-6(13)7(3-5)17(14,15)12-8-11-10-4-16-8/h1-4,13H,9H2,(H,11,12). The number of hydrogen-bond acceptors (Lipinski definition) is 7. The molecule has 0 radical (unpaired) electrons. The number of hydrogen-bond donors (Lipinski definition) is 3. The number of aromatic nitrogens is 2. The minimum atomic E-state index is -3.91. The van der Waals surface area contributed by atoms with Crippen LogP contribution >= 0.6 is 11.3 Å². The Morgan fingerprint density at radius 2 is 2.18 bits per heavy atom. The summed E-state index contributed by atoms with van der Waals surface area (Å²) >= 11 is 1.03. The van der Waals surface area contributed by atoms with E-state index in [9.17, 15) is 13.5 Å². The molecule has 0 amide bonds. The van der Waals surface area contributed by atoms with E-state index >= 15 is 0 Å². The predicted octanol–water partition coefficient (Wildman–Crippen LogP) is 0.627. The molecule has 2 aromatic rings. The molecule has 0 aliphatic carbocycles. The monoisotopic (exact) mass is 272 g/mol. The first kappa shape index (κ1) is 11.6. The molecule has 4 N–H and O–H groups in total. The zero-order valence-corrected chi connectivity index (χ0v) is 9.99. The summed E-state index contributed by atoms with van der Waals surface area (Å²) < 4.78 is 26.0. The van der Waals surface area contributed by atoms with Gasteiger partial charge >= 0.3 is 0 Å². The summed E-state index contributed by atoms with van der Waals surface area (Å²) in [5.41, 5.74) is 7.09. The van der Waals surface area contributed by atoms with Gasteiger partial charge in [0.05, 0.1) is 0 Å². The number of benzene rings is 1. The fraction of sp³-hybridized carbons (Fsp3) is 0. The van der Waals surface area contributed by atoms with Crippen molar-refractivity contribution in [3.63, 3.8) is 0 Å². The van der Waals surface area contributed by atoms with Gasteiger partial charge < -0.3 is 10.8 Å². The van der Waals surface area contributed by atoms with Gasteiger partial charge in [-0.3, -0.25) is 4.72 Å². The van der Waals surface area contributed by atoms with Crippen LogP contribution in [-0.2, 0) is 10.0 Å². The largest absolute Gasteiger partial charge is 0.507 e. The van der Waals surface area contributed by atoms with Gasteiger partial charge in [-0.05, 0) is 18.2 Å². The molecule has 2 rings (SSSR count). The molecule has 0 aliphatic heterocycles. The summed E-state index contributed by atoms with van der Waals surface area (Å²) in [6.07, 6.45) is 0. The quantitative estimate of drug-likeness (QED) is 0.557. The molecule has 1 aromatic heterocycles. The molecule has 0 aliphatic rings. The molecule has 0 bridgehead atoms. The number of aromatic hydroxyl groups is 1. The highest BCUT2D eigenvalue weighted by Crippen LogP contribution is 2.26. The van der Waals surface area contributed by atoms with Crippen LogP contribution in [0.1, 0.15) is 0 Å². The van der Waals surface area contributed by atoms with Crippen LogP contribution in [0, 0.1) is 0 Å². The molecule has 0 saturated heterocycles. The summed E-state index contributed by atoms with van der Waals surface area (Å²) in [6.45, 7) is 0. The Balaban J connectivity index is 2.41. The number of phenols is 1. The number of sulfonamides is 1. The molecule has 7 nitrogen and oxygen atoms in total. The van der Waals surface area contributed by atoms with Gasteiger partial charge in [0.2, 0.25) is 5.13 Å². The number of nitrogen functional groups attached to an aromatic ring is 1. The average molecular weight is 272 g/mol. The van der Waals surface area contributed by atoms with Crippen molar-refractivity contribution in [3.05, 3.63) is 23.7 Å². The molecule has 0 unspecified atom stereocenters. The van der Waals surface area contributed by atoms with E-state index in [4.69, 9.17) is 5.73 Å². The van der Waals surface area contributed by atoms with Gasteiger partial charge in [0.15, 0.2) is 0 Å². The number of anilines is 2. The fourth-order valence-corrected chi connectivity index (χ4v) is 2.96. The number of phenolic OH excluding ortho intramolecular Hbond substituents is 1. The maximum Gasteiger partial charge on any atom is 0.267 e. The van der Waals surface area contributed by atoms with Crippen LogP contribution in [-0.4, -0.2) is 23.7 Å². The van der Waals surface area contributed by atoms with E-state index in [1.54, 1.807) is 0 Å². The Morgan fingerprint density at radius 1 is 1.41 bits per heavy atom. The van der Waals surface area contributed by atoms with Crippen molar-refractivity contribution in [2.75, 3.05) is 10.5 Å². The van der Waals surface area contributed by atoms with Crippen molar-refractivity contribution in [3.8, 4) is 5.75 Å². The molecule has 90 valence electrons. The first-order valence-electron chi connectivity index (χ1n) is 4.36. The second-order valence-electron chi connectivity index (χ2n) is 3.08. The zero-order chi connectivity index (χ0) is 12.5. The van der Waals surface area contributed by atoms with Crippen LogP contribution in [0.5, 0.6) is 5.75 Å². The van der Waals surface area contributed by atoms with Crippen molar-refractivity contribution in [2.45, 2.75) is 4.90 Å². The molecule has 0 spiro atoms. The molecule has 0 atom stereocenters. The van der Waals surface area contributed by atoms with Gasteiger partial charge in [-0.15, -0.1) is 10.2 Å². The number of nitrogens with one attached hydrogen (secondary N) is 1. The highest BCUT2D eigenvalue weighted by molar-refractivity contribution is 7.93. The number of nitrogens with two attached hydrogens (primary N) is 1.